The van der Waals surface area contributed by atoms with Crippen LogP contribution in [0.25, 0.3) is 0 Å². The fraction of sp³-hybridized carbons (Fsp3) is 0.400. The number of ether oxygens (including phenoxy) is 1. The van der Waals surface area contributed by atoms with Crippen molar-refractivity contribution >= 4 is 57.4 Å². The third-order valence-electron chi connectivity index (χ3n) is 6.14. The third-order valence-corrected chi connectivity index (χ3v) is 7.64. The molecule has 0 aliphatic carbocycles. The Kier molecular flexibility index (Phi) is 8.80. The number of carbonyl (C=O) groups excluding carboxylic acids is 2. The van der Waals surface area contributed by atoms with Crippen LogP contribution in [0, 0.1) is 24.0 Å². The summed E-state index contributed by atoms with van der Waals surface area (Å²) in [6.45, 7) is 8.02. The predicted octanol–water partition coefficient (Wildman–Crippen LogP) is 4.16. The molecule has 2 aliphatic rings. The molecule has 196 valence electrons. The molecule has 0 unspecified atom stereocenters. The number of aryl methyl sites for hydroxylation is 2. The maximum absolute atomic E-state index is 13.4. The molecule has 10 nitrogen and oxygen atoms in total. The van der Waals surface area contributed by atoms with Crippen LogP contribution >= 0.6 is 23.4 Å². The van der Waals surface area contributed by atoms with E-state index in [0.717, 1.165) is 29.9 Å². The molecule has 2 saturated heterocycles. The van der Waals surface area contributed by atoms with Crippen molar-refractivity contribution in [3.05, 3.63) is 62.7 Å². The van der Waals surface area contributed by atoms with Gasteiger partial charge in [0.25, 0.3) is 5.69 Å². The Bertz CT molecular complexity index is 1230. The van der Waals surface area contributed by atoms with E-state index in [0.29, 0.717) is 31.5 Å². The number of amidine groups is 1. The Morgan fingerprint density at radius 1 is 1.22 bits per heavy atom. The molecule has 2 heterocycles. The number of hydrogen-bond donors (Lipinski definition) is 1. The van der Waals surface area contributed by atoms with Crippen molar-refractivity contribution in [1.82, 2.24) is 9.80 Å². The second-order valence-electron chi connectivity index (χ2n) is 8.91. The van der Waals surface area contributed by atoms with Crippen LogP contribution < -0.4 is 5.32 Å². The van der Waals surface area contributed by atoms with E-state index in [4.69, 9.17) is 21.3 Å². The van der Waals surface area contributed by atoms with Gasteiger partial charge < -0.3 is 10.1 Å². The lowest BCUT2D eigenvalue weighted by atomic mass is 10.1. The summed E-state index contributed by atoms with van der Waals surface area (Å²) in [5.41, 5.74) is 2.82. The maximum Gasteiger partial charge on any atom is 0.271 e. The molecule has 12 heteroatoms. The smallest absolute Gasteiger partial charge is 0.271 e. The van der Waals surface area contributed by atoms with Crippen molar-refractivity contribution in [3.63, 3.8) is 0 Å². The fourth-order valence-electron chi connectivity index (χ4n) is 4.12. The van der Waals surface area contributed by atoms with Crippen LogP contribution in [-0.4, -0.2) is 76.3 Å². The minimum absolute atomic E-state index is 0.123. The number of nitrogens with zero attached hydrogens (tertiary/aromatic N) is 4. The number of aliphatic imine (C=N–C) groups is 1. The quantitative estimate of drug-likeness (QED) is 0.391. The number of nitro benzene ring substituents is 1. The Morgan fingerprint density at radius 3 is 2.68 bits per heavy atom. The normalized spacial score (nSPS) is 19.4. The molecule has 2 aliphatic heterocycles. The van der Waals surface area contributed by atoms with Gasteiger partial charge in [-0.2, -0.15) is 0 Å². The molecule has 2 fully saturated rings. The van der Waals surface area contributed by atoms with Crippen LogP contribution in [0.3, 0.4) is 0 Å². The van der Waals surface area contributed by atoms with Gasteiger partial charge in [-0.3, -0.25) is 29.5 Å². The minimum atomic E-state index is -0.674. The largest absolute Gasteiger partial charge is 0.379 e. The molecule has 0 bridgehead atoms. The molecule has 0 spiro atoms. The summed E-state index contributed by atoms with van der Waals surface area (Å²) < 4.78 is 5.41. The van der Waals surface area contributed by atoms with E-state index in [-0.39, 0.29) is 28.7 Å². The second-order valence-corrected chi connectivity index (χ2v) is 10.5. The third kappa shape index (κ3) is 6.86. The average molecular weight is 546 g/mol. The number of amides is 2. The molecule has 0 saturated carbocycles. The number of nitro groups is 1. The summed E-state index contributed by atoms with van der Waals surface area (Å²) in [6.07, 6.45) is -0.123. The van der Waals surface area contributed by atoms with E-state index in [1.165, 1.54) is 30.0 Å². The second kappa shape index (κ2) is 12.0. The van der Waals surface area contributed by atoms with Gasteiger partial charge >= 0.3 is 0 Å². The number of carbonyl (C=O) groups is 2. The molecule has 1 atom stereocenters. The number of thioether (sulfide) groups is 1. The predicted molar refractivity (Wildman–Crippen MR) is 145 cm³/mol. The summed E-state index contributed by atoms with van der Waals surface area (Å²) in [6, 6.07) is 9.74. The Hall–Kier alpha value is -2.99. The first kappa shape index (κ1) is 27.1. The molecule has 0 aromatic heterocycles. The monoisotopic (exact) mass is 545 g/mol. The van der Waals surface area contributed by atoms with Crippen molar-refractivity contribution in [2.24, 2.45) is 4.99 Å². The highest BCUT2D eigenvalue weighted by Gasteiger charge is 2.39. The van der Waals surface area contributed by atoms with E-state index in [9.17, 15) is 19.7 Å². The first-order valence-corrected chi connectivity index (χ1v) is 13.1. The molecular weight excluding hydrogens is 518 g/mol. The number of hydrogen-bond acceptors (Lipinski definition) is 8. The summed E-state index contributed by atoms with van der Waals surface area (Å²) in [5, 5.41) is 13.7. The van der Waals surface area contributed by atoms with Crippen LogP contribution in [-0.2, 0) is 14.3 Å². The van der Waals surface area contributed by atoms with Crippen LogP contribution in [0.2, 0.25) is 5.02 Å². The van der Waals surface area contributed by atoms with Crippen molar-refractivity contribution in [2.45, 2.75) is 25.5 Å². The van der Waals surface area contributed by atoms with Crippen LogP contribution in [0.15, 0.2) is 41.4 Å². The van der Waals surface area contributed by atoms with Gasteiger partial charge in [0.2, 0.25) is 11.8 Å². The van der Waals surface area contributed by atoms with Crippen LogP contribution in [0.4, 0.5) is 17.1 Å². The highest BCUT2D eigenvalue weighted by atomic mass is 35.5. The highest BCUT2D eigenvalue weighted by Crippen LogP contribution is 2.33. The van der Waals surface area contributed by atoms with Gasteiger partial charge in [0, 0.05) is 44.7 Å². The zero-order chi connectivity index (χ0) is 26.5. The number of anilines is 1. The van der Waals surface area contributed by atoms with Gasteiger partial charge in [-0.1, -0.05) is 41.1 Å². The van der Waals surface area contributed by atoms with Crippen molar-refractivity contribution in [2.75, 3.05) is 44.7 Å². The molecule has 37 heavy (non-hydrogen) atoms. The van der Waals surface area contributed by atoms with E-state index >= 15 is 0 Å². The van der Waals surface area contributed by atoms with Crippen molar-refractivity contribution in [3.8, 4) is 0 Å². The van der Waals surface area contributed by atoms with Crippen molar-refractivity contribution < 1.29 is 19.2 Å². The highest BCUT2D eigenvalue weighted by molar-refractivity contribution is 8.15. The maximum atomic E-state index is 13.4. The van der Waals surface area contributed by atoms with Gasteiger partial charge in [-0.25, -0.2) is 4.99 Å². The number of nitrogens with one attached hydrogen (secondary N) is 1. The Labute approximate surface area is 224 Å². The molecule has 0 radical (unpaired) electrons. The molecule has 2 amide bonds. The van der Waals surface area contributed by atoms with Crippen LogP contribution in [0.1, 0.15) is 17.5 Å². The first-order valence-electron chi connectivity index (χ1n) is 11.9. The number of morpholine rings is 1. The average Bonchev–Trinajstić information content (AvgIpc) is 3.14. The lowest BCUT2D eigenvalue weighted by molar-refractivity contribution is -0.384. The van der Waals surface area contributed by atoms with E-state index < -0.39 is 16.1 Å². The lowest BCUT2D eigenvalue weighted by Crippen LogP contribution is -2.43. The number of halogens is 1. The summed E-state index contributed by atoms with van der Waals surface area (Å²) >= 11 is 7.37. The van der Waals surface area contributed by atoms with Gasteiger partial charge in [-0.05, 0) is 31.5 Å². The molecule has 2 aromatic carbocycles. The molecule has 2 aromatic rings. The zero-order valence-electron chi connectivity index (χ0n) is 20.6. The van der Waals surface area contributed by atoms with Gasteiger partial charge in [0.15, 0.2) is 5.17 Å². The first-order chi connectivity index (χ1) is 17.7. The fourth-order valence-corrected chi connectivity index (χ4v) is 5.46. The number of rotatable bonds is 8. The van der Waals surface area contributed by atoms with Gasteiger partial charge in [-0.15, -0.1) is 0 Å². The van der Waals surface area contributed by atoms with Gasteiger partial charge in [0.1, 0.15) is 5.25 Å². The summed E-state index contributed by atoms with van der Waals surface area (Å²) in [7, 11) is 0. The van der Waals surface area contributed by atoms with Crippen molar-refractivity contribution in [1.29, 1.82) is 0 Å². The Morgan fingerprint density at radius 2 is 1.97 bits per heavy atom. The number of non-ortho nitro benzene ring substituents is 1. The zero-order valence-corrected chi connectivity index (χ0v) is 22.2. The Balaban J connectivity index is 1.51. The topological polar surface area (TPSA) is 117 Å². The molecule has 4 rings (SSSR count). The van der Waals surface area contributed by atoms with Gasteiger partial charge in [0.05, 0.1) is 34.5 Å². The summed E-state index contributed by atoms with van der Waals surface area (Å²) in [5.74, 6) is -0.656. The van der Waals surface area contributed by atoms with E-state index in [1.807, 2.05) is 32.0 Å². The minimum Gasteiger partial charge on any atom is -0.379 e. The SMILES string of the molecule is Cc1ccc(N=C2S[C@@H](CC(=O)Nc3cc([N+](=O)[O-])ccc3Cl)C(=O)N2CCN2CCOCC2)c(C)c1. The lowest BCUT2D eigenvalue weighted by Gasteiger charge is -2.28. The number of benzene rings is 2. The molecular formula is C25H28ClN5O5S. The summed E-state index contributed by atoms with van der Waals surface area (Å²) in [4.78, 5) is 45.4. The van der Waals surface area contributed by atoms with Crippen LogP contribution in [0.5, 0.6) is 0 Å². The molecule has 1 N–H and O–H groups in total. The standard InChI is InChI=1S/C25H28ClN5O5S/c1-16-3-6-20(17(2)13-16)28-25-30(8-7-29-9-11-36-12-10-29)24(33)22(37-25)15-23(32)27-21-14-18(31(34)35)4-5-19(21)26/h3-6,13-14,22H,7-12,15H2,1-2H3,(H,27,32)/t22-/m0/s1. The van der Waals surface area contributed by atoms with E-state index in [2.05, 4.69) is 10.2 Å². The van der Waals surface area contributed by atoms with E-state index in [1.54, 1.807) is 4.90 Å².